The van der Waals surface area contributed by atoms with Crippen LogP contribution in [-0.2, 0) is 27.3 Å². The molecule has 7 nitrogen and oxygen atoms in total. The summed E-state index contributed by atoms with van der Waals surface area (Å²) in [5.41, 5.74) is 1.18. The summed E-state index contributed by atoms with van der Waals surface area (Å²) in [7, 11) is 1.63. The number of piperidine rings is 1. The Bertz CT molecular complexity index is 704. The van der Waals surface area contributed by atoms with E-state index in [0.29, 0.717) is 31.3 Å². The first-order valence-electron chi connectivity index (χ1n) is 9.50. The first-order chi connectivity index (χ1) is 13.3. The molecule has 1 atom stereocenters. The maximum Gasteiger partial charge on any atom is 0.252 e. The minimum absolute atomic E-state index is 0.113. The summed E-state index contributed by atoms with van der Waals surface area (Å²) in [6.45, 7) is 1.99. The van der Waals surface area contributed by atoms with E-state index >= 15 is 0 Å². The maximum atomic E-state index is 12.8. The molecular formula is C20H27N3O4. The molecule has 3 rings (SSSR count). The average Bonchev–Trinajstić information content (AvgIpc) is 3.19. The Balaban J connectivity index is 1.58. The second-order valence-corrected chi connectivity index (χ2v) is 6.68. The number of amides is 1. The number of aryl methyl sites for hydroxylation is 1. The number of nitrogens with zero attached hydrogens (tertiary/aromatic N) is 3. The maximum absolute atomic E-state index is 12.8. The molecule has 1 aliphatic heterocycles. The molecule has 1 aromatic heterocycles. The van der Waals surface area contributed by atoms with E-state index in [1.54, 1.807) is 7.11 Å². The van der Waals surface area contributed by atoms with Gasteiger partial charge in [-0.3, -0.25) is 4.79 Å². The molecule has 2 heterocycles. The number of carbonyl (C=O) groups excluding carboxylic acids is 1. The van der Waals surface area contributed by atoms with E-state index in [9.17, 15) is 4.79 Å². The van der Waals surface area contributed by atoms with Gasteiger partial charge in [-0.25, -0.2) is 0 Å². The van der Waals surface area contributed by atoms with Crippen LogP contribution in [0.15, 0.2) is 34.9 Å². The Morgan fingerprint density at radius 1 is 1.26 bits per heavy atom. The van der Waals surface area contributed by atoms with Crippen molar-refractivity contribution in [1.82, 2.24) is 15.0 Å². The van der Waals surface area contributed by atoms with Gasteiger partial charge in [0.2, 0.25) is 5.91 Å². The van der Waals surface area contributed by atoms with E-state index in [2.05, 4.69) is 22.3 Å². The van der Waals surface area contributed by atoms with Crippen LogP contribution in [0, 0.1) is 0 Å². The molecular weight excluding hydrogens is 346 g/mol. The van der Waals surface area contributed by atoms with Crippen molar-refractivity contribution in [2.24, 2.45) is 0 Å². The number of ether oxygens (including phenoxy) is 2. The summed E-state index contributed by atoms with van der Waals surface area (Å²) in [4.78, 5) is 19.2. The highest BCUT2D eigenvalue weighted by Crippen LogP contribution is 2.30. The molecule has 1 amide bonds. The minimum Gasteiger partial charge on any atom is -0.382 e. The van der Waals surface area contributed by atoms with Gasteiger partial charge in [0.25, 0.3) is 5.89 Å². The van der Waals surface area contributed by atoms with Crippen molar-refractivity contribution in [3.8, 4) is 0 Å². The van der Waals surface area contributed by atoms with Gasteiger partial charge in [0.15, 0.2) is 5.82 Å². The molecule has 0 saturated carbocycles. The van der Waals surface area contributed by atoms with Crippen molar-refractivity contribution in [2.75, 3.05) is 26.9 Å². The SMILES string of the molecule is COCCOCc1nc(C2CCCCN2C(=O)CCc2ccccc2)no1. The number of methoxy groups -OCH3 is 1. The summed E-state index contributed by atoms with van der Waals surface area (Å²) in [6, 6.07) is 9.97. The highest BCUT2D eigenvalue weighted by atomic mass is 16.5. The summed E-state index contributed by atoms with van der Waals surface area (Å²) in [6.07, 6.45) is 4.17. The van der Waals surface area contributed by atoms with Crippen LogP contribution in [0.25, 0.3) is 0 Å². The quantitative estimate of drug-likeness (QED) is 0.629. The van der Waals surface area contributed by atoms with Crippen LogP contribution in [0.1, 0.15) is 49.0 Å². The predicted octanol–water partition coefficient (Wildman–Crippen LogP) is 2.92. The molecule has 2 aromatic rings. The fourth-order valence-electron chi connectivity index (χ4n) is 3.30. The van der Waals surface area contributed by atoms with Gasteiger partial charge in [0, 0.05) is 20.1 Å². The first kappa shape index (κ1) is 19.5. The average molecular weight is 373 g/mol. The Morgan fingerprint density at radius 3 is 2.93 bits per heavy atom. The third-order valence-electron chi connectivity index (χ3n) is 4.73. The lowest BCUT2D eigenvalue weighted by Crippen LogP contribution is -2.39. The van der Waals surface area contributed by atoms with E-state index in [1.165, 1.54) is 5.56 Å². The third-order valence-corrected chi connectivity index (χ3v) is 4.73. The Labute approximate surface area is 159 Å². The van der Waals surface area contributed by atoms with Gasteiger partial charge in [0.05, 0.1) is 19.3 Å². The molecule has 0 aliphatic carbocycles. The highest BCUT2D eigenvalue weighted by molar-refractivity contribution is 5.77. The number of hydrogen-bond acceptors (Lipinski definition) is 6. The van der Waals surface area contributed by atoms with Crippen molar-refractivity contribution in [2.45, 2.75) is 44.8 Å². The van der Waals surface area contributed by atoms with Crippen molar-refractivity contribution in [3.05, 3.63) is 47.6 Å². The van der Waals surface area contributed by atoms with Crippen molar-refractivity contribution in [1.29, 1.82) is 0 Å². The molecule has 0 radical (unpaired) electrons. The summed E-state index contributed by atoms with van der Waals surface area (Å²) >= 11 is 0. The number of likely N-dealkylation sites (tertiary alicyclic amines) is 1. The third kappa shape index (κ3) is 5.61. The van der Waals surface area contributed by atoms with Crippen molar-refractivity contribution < 1.29 is 18.8 Å². The number of benzene rings is 1. The van der Waals surface area contributed by atoms with Gasteiger partial charge in [-0.15, -0.1) is 0 Å². The van der Waals surface area contributed by atoms with Crippen LogP contribution in [0.4, 0.5) is 0 Å². The van der Waals surface area contributed by atoms with Crippen molar-refractivity contribution >= 4 is 5.91 Å². The molecule has 1 saturated heterocycles. The van der Waals surface area contributed by atoms with Crippen molar-refractivity contribution in [3.63, 3.8) is 0 Å². The fraction of sp³-hybridized carbons (Fsp3) is 0.550. The molecule has 0 spiro atoms. The zero-order valence-electron chi connectivity index (χ0n) is 15.8. The van der Waals surface area contributed by atoms with Gasteiger partial charge in [-0.05, 0) is 31.2 Å². The number of aromatic nitrogens is 2. The fourth-order valence-corrected chi connectivity index (χ4v) is 3.30. The standard InChI is InChI=1S/C20H27N3O4/c1-25-13-14-26-15-18-21-20(22-27-18)17-9-5-6-12-23(17)19(24)11-10-16-7-3-2-4-8-16/h2-4,7-8,17H,5-6,9-15H2,1H3. The first-order valence-corrected chi connectivity index (χ1v) is 9.50. The normalized spacial score (nSPS) is 17.2. The summed E-state index contributed by atoms with van der Waals surface area (Å²) in [5, 5.41) is 4.10. The molecule has 27 heavy (non-hydrogen) atoms. The lowest BCUT2D eigenvalue weighted by Gasteiger charge is -2.34. The van der Waals surface area contributed by atoms with E-state index in [-0.39, 0.29) is 18.6 Å². The molecule has 7 heteroatoms. The number of carbonyl (C=O) groups is 1. The number of rotatable bonds is 9. The van der Waals surface area contributed by atoms with Gasteiger partial charge in [-0.2, -0.15) is 4.98 Å². The summed E-state index contributed by atoms with van der Waals surface area (Å²) in [5.74, 6) is 1.16. The van der Waals surface area contributed by atoms with Crippen LogP contribution in [-0.4, -0.2) is 47.8 Å². The van der Waals surface area contributed by atoms with Gasteiger partial charge in [0.1, 0.15) is 6.61 Å². The van der Waals surface area contributed by atoms with E-state index in [1.807, 2.05) is 23.1 Å². The zero-order valence-corrected chi connectivity index (χ0v) is 15.8. The lowest BCUT2D eigenvalue weighted by atomic mass is 10.00. The highest BCUT2D eigenvalue weighted by Gasteiger charge is 2.31. The largest absolute Gasteiger partial charge is 0.382 e. The molecule has 146 valence electrons. The van der Waals surface area contributed by atoms with E-state index in [0.717, 1.165) is 32.2 Å². The van der Waals surface area contributed by atoms with Gasteiger partial charge >= 0.3 is 0 Å². The zero-order chi connectivity index (χ0) is 18.9. The minimum atomic E-state index is -0.113. The van der Waals surface area contributed by atoms with Crippen LogP contribution in [0.2, 0.25) is 0 Å². The topological polar surface area (TPSA) is 77.7 Å². The summed E-state index contributed by atoms with van der Waals surface area (Å²) < 4.78 is 15.7. The van der Waals surface area contributed by atoms with Crippen LogP contribution < -0.4 is 0 Å². The molecule has 1 aromatic carbocycles. The molecule has 0 N–H and O–H groups in total. The molecule has 0 bridgehead atoms. The predicted molar refractivity (Wildman–Crippen MR) is 98.9 cm³/mol. The van der Waals surface area contributed by atoms with E-state index < -0.39 is 0 Å². The van der Waals surface area contributed by atoms with Crippen LogP contribution in [0.3, 0.4) is 0 Å². The van der Waals surface area contributed by atoms with Crippen LogP contribution in [0.5, 0.6) is 0 Å². The van der Waals surface area contributed by atoms with Gasteiger partial charge < -0.3 is 18.9 Å². The lowest BCUT2D eigenvalue weighted by molar-refractivity contribution is -0.135. The Kier molecular flexibility index (Phi) is 7.36. The number of hydrogen-bond donors (Lipinski definition) is 0. The second kappa shape index (κ2) is 10.2. The molecule has 1 aliphatic rings. The Hall–Kier alpha value is -2.25. The smallest absolute Gasteiger partial charge is 0.252 e. The monoisotopic (exact) mass is 373 g/mol. The van der Waals surface area contributed by atoms with Gasteiger partial charge in [-0.1, -0.05) is 35.5 Å². The van der Waals surface area contributed by atoms with Crippen LogP contribution >= 0.6 is 0 Å². The molecule has 1 fully saturated rings. The van der Waals surface area contributed by atoms with E-state index in [4.69, 9.17) is 14.0 Å². The Morgan fingerprint density at radius 2 is 2.11 bits per heavy atom. The molecule has 1 unspecified atom stereocenters. The second-order valence-electron chi connectivity index (χ2n) is 6.68.